The average molecular weight is 348 g/mol. The molecule has 0 aliphatic rings. The maximum absolute atomic E-state index is 12.0. The van der Waals surface area contributed by atoms with Crippen LogP contribution in [0.15, 0.2) is 23.1 Å². The molecule has 1 aromatic carbocycles. The number of likely N-dealkylation sites (N-methyl/N-ethyl adjacent to an activating group) is 1. The van der Waals surface area contributed by atoms with Gasteiger partial charge in [0, 0.05) is 12.6 Å². The smallest absolute Gasteiger partial charge is 0.242 e. The van der Waals surface area contributed by atoms with Gasteiger partial charge in [0.15, 0.2) is 0 Å². The highest BCUT2D eigenvalue weighted by atomic mass is 35.5. The van der Waals surface area contributed by atoms with Crippen LogP contribution in [-0.4, -0.2) is 27.5 Å². The number of nitrogens with one attached hydrogen (secondary N) is 2. The lowest BCUT2D eigenvalue weighted by Crippen LogP contribution is -2.38. The average Bonchev–Trinajstić information content (AvgIpc) is 2.30. The Labute approximate surface area is 130 Å². The third-order valence-electron chi connectivity index (χ3n) is 2.34. The molecule has 0 amide bonds. The van der Waals surface area contributed by atoms with Crippen molar-refractivity contribution in [2.75, 3.05) is 13.1 Å². The van der Waals surface area contributed by atoms with Gasteiger partial charge < -0.3 is 5.32 Å². The van der Waals surface area contributed by atoms with Gasteiger partial charge in [-0.3, -0.25) is 0 Å². The fourth-order valence-corrected chi connectivity index (χ4v) is 3.31. The fraction of sp³-hybridized carbons (Fsp3) is 0.455. The zero-order valence-electron chi connectivity index (χ0n) is 10.6. The topological polar surface area (TPSA) is 58.2 Å². The lowest BCUT2D eigenvalue weighted by molar-refractivity contribution is 0.536. The molecule has 0 aliphatic heterocycles. The van der Waals surface area contributed by atoms with E-state index in [1.807, 2.05) is 13.8 Å². The van der Waals surface area contributed by atoms with Crippen LogP contribution in [0.3, 0.4) is 0 Å². The van der Waals surface area contributed by atoms with Crippen LogP contribution >= 0.6 is 35.6 Å². The summed E-state index contributed by atoms with van der Waals surface area (Å²) in [4.78, 5) is 0.000338. The molecule has 0 bridgehead atoms. The van der Waals surface area contributed by atoms with E-state index in [0.717, 1.165) is 6.54 Å². The number of rotatable bonds is 6. The Bertz CT molecular complexity index is 509. The van der Waals surface area contributed by atoms with Gasteiger partial charge >= 0.3 is 0 Å². The van der Waals surface area contributed by atoms with Crippen LogP contribution < -0.4 is 10.0 Å². The van der Waals surface area contributed by atoms with Crippen LogP contribution in [0.4, 0.5) is 0 Å². The van der Waals surface area contributed by atoms with Crippen molar-refractivity contribution in [3.63, 3.8) is 0 Å². The maximum atomic E-state index is 12.0. The first-order valence-corrected chi connectivity index (χ1v) is 7.79. The Morgan fingerprint density at radius 1 is 1.32 bits per heavy atom. The predicted octanol–water partition coefficient (Wildman–Crippen LogP) is 2.69. The molecule has 8 heteroatoms. The van der Waals surface area contributed by atoms with Crippen molar-refractivity contribution in [3.8, 4) is 0 Å². The minimum atomic E-state index is -3.63. The Kier molecular flexibility index (Phi) is 8.27. The van der Waals surface area contributed by atoms with Crippen LogP contribution in [0.5, 0.6) is 0 Å². The van der Waals surface area contributed by atoms with Crippen molar-refractivity contribution < 1.29 is 8.42 Å². The molecule has 0 saturated carbocycles. The standard InChI is InChI=1S/C11H16Cl2N2O2S.ClH/c1-3-14-8(2)7-15-18(16,17)10-6-4-5-9(12)11(10)13;/h4-6,8,14-15H,3,7H2,1-2H3;1H/t8-;/m1./s1. The summed E-state index contributed by atoms with van der Waals surface area (Å²) in [6.07, 6.45) is 0. The second kappa shape index (κ2) is 8.29. The molecule has 0 radical (unpaired) electrons. The molecule has 1 atom stereocenters. The first kappa shape index (κ1) is 19.0. The molecule has 110 valence electrons. The van der Waals surface area contributed by atoms with Gasteiger partial charge in [-0.1, -0.05) is 36.2 Å². The first-order valence-electron chi connectivity index (χ1n) is 5.55. The molecule has 0 fully saturated rings. The highest BCUT2D eigenvalue weighted by Crippen LogP contribution is 2.28. The zero-order valence-corrected chi connectivity index (χ0v) is 13.8. The van der Waals surface area contributed by atoms with Crippen molar-refractivity contribution in [2.45, 2.75) is 24.8 Å². The summed E-state index contributed by atoms with van der Waals surface area (Å²) in [6, 6.07) is 4.57. The van der Waals surface area contributed by atoms with Gasteiger partial charge in [-0.2, -0.15) is 0 Å². The molecule has 0 aliphatic carbocycles. The molecule has 0 unspecified atom stereocenters. The third kappa shape index (κ3) is 5.45. The van der Waals surface area contributed by atoms with Gasteiger partial charge in [-0.15, -0.1) is 12.4 Å². The lowest BCUT2D eigenvalue weighted by atomic mass is 10.3. The molecule has 1 rings (SSSR count). The van der Waals surface area contributed by atoms with Crippen molar-refractivity contribution >= 4 is 45.6 Å². The van der Waals surface area contributed by atoms with E-state index in [4.69, 9.17) is 23.2 Å². The van der Waals surface area contributed by atoms with Gasteiger partial charge in [0.1, 0.15) is 4.90 Å². The summed E-state index contributed by atoms with van der Waals surface area (Å²) in [5.41, 5.74) is 0. The van der Waals surface area contributed by atoms with E-state index in [9.17, 15) is 8.42 Å². The molecular formula is C11H17Cl3N2O2S. The van der Waals surface area contributed by atoms with E-state index in [1.165, 1.54) is 6.07 Å². The van der Waals surface area contributed by atoms with Crippen molar-refractivity contribution in [1.82, 2.24) is 10.0 Å². The summed E-state index contributed by atoms with van der Waals surface area (Å²) in [5.74, 6) is 0. The van der Waals surface area contributed by atoms with E-state index in [1.54, 1.807) is 12.1 Å². The normalized spacial score (nSPS) is 12.8. The molecule has 0 heterocycles. The van der Waals surface area contributed by atoms with E-state index in [0.29, 0.717) is 6.54 Å². The Morgan fingerprint density at radius 3 is 2.53 bits per heavy atom. The Hall–Kier alpha value is -0.0400. The third-order valence-corrected chi connectivity index (χ3v) is 4.73. The number of benzene rings is 1. The minimum absolute atomic E-state index is 0. The molecule has 19 heavy (non-hydrogen) atoms. The van der Waals surface area contributed by atoms with Crippen LogP contribution in [-0.2, 0) is 10.0 Å². The first-order chi connectivity index (χ1) is 8.38. The summed E-state index contributed by atoms with van der Waals surface area (Å²) in [5, 5.41) is 3.38. The van der Waals surface area contributed by atoms with E-state index >= 15 is 0 Å². The van der Waals surface area contributed by atoms with Gasteiger partial charge in [0.05, 0.1) is 10.0 Å². The van der Waals surface area contributed by atoms with Crippen LogP contribution in [0.25, 0.3) is 0 Å². The maximum Gasteiger partial charge on any atom is 0.242 e. The summed E-state index contributed by atoms with van der Waals surface area (Å²) >= 11 is 11.7. The number of sulfonamides is 1. The lowest BCUT2D eigenvalue weighted by Gasteiger charge is -2.14. The van der Waals surface area contributed by atoms with E-state index in [2.05, 4.69) is 10.0 Å². The summed E-state index contributed by atoms with van der Waals surface area (Å²) in [6.45, 7) is 4.92. The van der Waals surface area contributed by atoms with Crippen LogP contribution in [0.1, 0.15) is 13.8 Å². The molecule has 1 aromatic rings. The number of halogens is 3. The number of hydrogen-bond donors (Lipinski definition) is 2. The Morgan fingerprint density at radius 2 is 1.95 bits per heavy atom. The number of hydrogen-bond acceptors (Lipinski definition) is 3. The fourth-order valence-electron chi connectivity index (χ4n) is 1.42. The largest absolute Gasteiger partial charge is 0.313 e. The minimum Gasteiger partial charge on any atom is -0.313 e. The predicted molar refractivity (Wildman–Crippen MR) is 82.0 cm³/mol. The van der Waals surface area contributed by atoms with Gasteiger partial charge in [0.2, 0.25) is 10.0 Å². The quantitative estimate of drug-likeness (QED) is 0.832. The molecular weight excluding hydrogens is 331 g/mol. The molecule has 0 spiro atoms. The highest BCUT2D eigenvalue weighted by molar-refractivity contribution is 7.89. The van der Waals surface area contributed by atoms with E-state index in [-0.39, 0.29) is 33.4 Å². The molecule has 0 saturated heterocycles. The summed E-state index contributed by atoms with van der Waals surface area (Å²) in [7, 11) is -3.63. The van der Waals surface area contributed by atoms with Gasteiger partial charge in [-0.25, -0.2) is 13.1 Å². The van der Waals surface area contributed by atoms with Crippen LogP contribution in [0.2, 0.25) is 10.0 Å². The van der Waals surface area contributed by atoms with Gasteiger partial charge in [-0.05, 0) is 25.6 Å². The monoisotopic (exact) mass is 346 g/mol. The second-order valence-corrected chi connectivity index (χ2v) is 6.38. The SMILES string of the molecule is CCN[C@H](C)CNS(=O)(=O)c1cccc(Cl)c1Cl.Cl. The van der Waals surface area contributed by atoms with E-state index < -0.39 is 10.0 Å². The molecule has 0 aromatic heterocycles. The second-order valence-electron chi connectivity index (χ2n) is 3.86. The van der Waals surface area contributed by atoms with Crippen molar-refractivity contribution in [1.29, 1.82) is 0 Å². The van der Waals surface area contributed by atoms with Crippen molar-refractivity contribution in [3.05, 3.63) is 28.2 Å². The van der Waals surface area contributed by atoms with Crippen LogP contribution in [0, 0.1) is 0 Å². The molecule has 2 N–H and O–H groups in total. The van der Waals surface area contributed by atoms with Gasteiger partial charge in [0.25, 0.3) is 0 Å². The summed E-state index contributed by atoms with van der Waals surface area (Å²) < 4.78 is 26.6. The molecule has 4 nitrogen and oxygen atoms in total. The van der Waals surface area contributed by atoms with Crippen molar-refractivity contribution in [2.24, 2.45) is 0 Å². The highest BCUT2D eigenvalue weighted by Gasteiger charge is 2.19. The Balaban J connectivity index is 0.00000324. The zero-order chi connectivity index (χ0) is 13.8.